The van der Waals surface area contributed by atoms with Gasteiger partial charge in [-0.15, -0.1) is 0 Å². The van der Waals surface area contributed by atoms with Crippen LogP contribution < -0.4 is 0 Å². The molecule has 0 aromatic carbocycles. The fourth-order valence-electron chi connectivity index (χ4n) is 1.36. The van der Waals surface area contributed by atoms with Gasteiger partial charge in [0.2, 0.25) is 0 Å². The number of hydrogen-bond donors (Lipinski definition) is 0. The van der Waals surface area contributed by atoms with Crippen LogP contribution in [0.1, 0.15) is 39.5 Å². The first-order chi connectivity index (χ1) is 8.91. The lowest BCUT2D eigenvalue weighted by molar-refractivity contribution is 0.0119. The summed E-state index contributed by atoms with van der Waals surface area (Å²) < 4.78 is 21.1. The third kappa shape index (κ3) is 15.8. The first-order valence-corrected chi connectivity index (χ1v) is 7.08. The lowest BCUT2D eigenvalue weighted by Gasteiger charge is -2.06. The third-order valence-corrected chi connectivity index (χ3v) is 2.37. The van der Waals surface area contributed by atoms with Crippen LogP contribution in [-0.4, -0.2) is 46.2 Å². The van der Waals surface area contributed by atoms with Crippen molar-refractivity contribution in [3.8, 4) is 0 Å². The van der Waals surface area contributed by atoms with E-state index in [-0.39, 0.29) is 0 Å². The van der Waals surface area contributed by atoms with Crippen LogP contribution in [0.2, 0.25) is 0 Å². The van der Waals surface area contributed by atoms with E-state index in [1.165, 1.54) is 19.3 Å². The quantitative estimate of drug-likeness (QED) is 0.425. The van der Waals surface area contributed by atoms with Crippen molar-refractivity contribution in [3.63, 3.8) is 0 Å². The summed E-state index contributed by atoms with van der Waals surface area (Å²) in [7, 11) is 0. The van der Waals surface area contributed by atoms with Crippen molar-refractivity contribution in [1.29, 1.82) is 0 Å². The van der Waals surface area contributed by atoms with Crippen molar-refractivity contribution in [3.05, 3.63) is 6.61 Å². The van der Waals surface area contributed by atoms with Gasteiger partial charge in [0.1, 0.15) is 6.61 Å². The van der Waals surface area contributed by atoms with Crippen LogP contribution in [0.15, 0.2) is 0 Å². The zero-order chi connectivity index (χ0) is 13.3. The lowest BCUT2D eigenvalue weighted by Crippen LogP contribution is -2.10. The van der Waals surface area contributed by atoms with Crippen LogP contribution in [-0.2, 0) is 18.9 Å². The summed E-state index contributed by atoms with van der Waals surface area (Å²) >= 11 is 0. The van der Waals surface area contributed by atoms with Crippen molar-refractivity contribution >= 4 is 0 Å². The summed E-state index contributed by atoms with van der Waals surface area (Å²) in [5.41, 5.74) is 0. The van der Waals surface area contributed by atoms with E-state index in [4.69, 9.17) is 18.9 Å². The van der Waals surface area contributed by atoms with Gasteiger partial charge in [-0.25, -0.2) is 0 Å². The molecule has 4 heteroatoms. The average molecular weight is 261 g/mol. The highest BCUT2D eigenvalue weighted by Gasteiger charge is 1.93. The van der Waals surface area contributed by atoms with Crippen molar-refractivity contribution < 1.29 is 18.9 Å². The predicted octanol–water partition coefficient (Wildman–Crippen LogP) is 2.81. The number of hydrogen-bond acceptors (Lipinski definition) is 4. The van der Waals surface area contributed by atoms with Gasteiger partial charge in [0.25, 0.3) is 0 Å². The molecule has 0 aliphatic rings. The first-order valence-electron chi connectivity index (χ1n) is 7.08. The SMILES string of the molecule is CCCCCCO[CH]COCCOCCOCC. The number of unbranched alkanes of at least 4 members (excludes halogenated alkanes) is 3. The van der Waals surface area contributed by atoms with E-state index in [9.17, 15) is 0 Å². The summed E-state index contributed by atoms with van der Waals surface area (Å²) in [5, 5.41) is 0. The van der Waals surface area contributed by atoms with Gasteiger partial charge in [0, 0.05) is 13.2 Å². The van der Waals surface area contributed by atoms with Crippen molar-refractivity contribution in [2.45, 2.75) is 39.5 Å². The Morgan fingerprint density at radius 3 is 2.17 bits per heavy atom. The van der Waals surface area contributed by atoms with Crippen molar-refractivity contribution in [1.82, 2.24) is 0 Å². The second-order valence-electron chi connectivity index (χ2n) is 3.98. The summed E-state index contributed by atoms with van der Waals surface area (Å²) in [6.45, 7) is 10.5. The molecule has 4 nitrogen and oxygen atoms in total. The summed E-state index contributed by atoms with van der Waals surface area (Å²) in [6, 6.07) is 0. The number of rotatable bonds is 15. The Morgan fingerprint density at radius 2 is 1.44 bits per heavy atom. The molecule has 18 heavy (non-hydrogen) atoms. The highest BCUT2D eigenvalue weighted by molar-refractivity contribution is 4.48. The molecule has 0 aromatic heterocycles. The smallest absolute Gasteiger partial charge is 0.109 e. The van der Waals surface area contributed by atoms with E-state index < -0.39 is 0 Å². The van der Waals surface area contributed by atoms with Gasteiger partial charge < -0.3 is 18.9 Å². The van der Waals surface area contributed by atoms with Gasteiger partial charge in [-0.2, -0.15) is 0 Å². The second kappa shape index (κ2) is 16.8. The average Bonchev–Trinajstić information content (AvgIpc) is 2.39. The van der Waals surface area contributed by atoms with E-state index in [1.54, 1.807) is 6.61 Å². The van der Waals surface area contributed by atoms with Gasteiger partial charge in [-0.05, 0) is 13.3 Å². The fourth-order valence-corrected chi connectivity index (χ4v) is 1.36. The fraction of sp³-hybridized carbons (Fsp3) is 0.929. The molecule has 0 unspecified atom stereocenters. The molecule has 0 atom stereocenters. The van der Waals surface area contributed by atoms with Crippen LogP contribution in [0.5, 0.6) is 0 Å². The standard InChI is InChI=1S/C14H29O4/c1-3-5-6-7-8-16-11-12-18-14-13-17-10-9-15-4-2/h11H,3-10,12-14H2,1-2H3. The molecule has 109 valence electrons. The van der Waals surface area contributed by atoms with Gasteiger partial charge in [0.05, 0.1) is 33.0 Å². The van der Waals surface area contributed by atoms with Gasteiger partial charge in [-0.1, -0.05) is 26.2 Å². The van der Waals surface area contributed by atoms with Crippen LogP contribution in [0.25, 0.3) is 0 Å². The normalized spacial score (nSPS) is 11.0. The zero-order valence-electron chi connectivity index (χ0n) is 12.0. The van der Waals surface area contributed by atoms with E-state index in [0.717, 1.165) is 19.6 Å². The minimum absolute atomic E-state index is 0.530. The maximum absolute atomic E-state index is 5.33. The van der Waals surface area contributed by atoms with Gasteiger partial charge in [-0.3, -0.25) is 0 Å². The molecule has 0 saturated heterocycles. The molecule has 0 aromatic rings. The molecule has 0 rings (SSSR count). The topological polar surface area (TPSA) is 36.9 Å². The summed E-state index contributed by atoms with van der Waals surface area (Å²) in [4.78, 5) is 0. The lowest BCUT2D eigenvalue weighted by atomic mass is 10.2. The molecular formula is C14H29O4. The molecule has 0 heterocycles. The van der Waals surface area contributed by atoms with E-state index >= 15 is 0 Å². The van der Waals surface area contributed by atoms with Crippen LogP contribution in [0.3, 0.4) is 0 Å². The second-order valence-corrected chi connectivity index (χ2v) is 3.98. The van der Waals surface area contributed by atoms with E-state index in [1.807, 2.05) is 6.92 Å². The summed E-state index contributed by atoms with van der Waals surface area (Å²) in [6.07, 6.45) is 4.93. The Morgan fingerprint density at radius 1 is 0.722 bits per heavy atom. The zero-order valence-corrected chi connectivity index (χ0v) is 12.0. The molecule has 0 N–H and O–H groups in total. The molecule has 0 aliphatic carbocycles. The van der Waals surface area contributed by atoms with Crippen LogP contribution in [0.4, 0.5) is 0 Å². The Kier molecular flexibility index (Phi) is 16.7. The van der Waals surface area contributed by atoms with Gasteiger partial charge >= 0.3 is 0 Å². The molecule has 0 bridgehead atoms. The Balaban J connectivity index is 2.86. The molecule has 0 saturated carbocycles. The predicted molar refractivity (Wildman–Crippen MR) is 72.5 cm³/mol. The maximum Gasteiger partial charge on any atom is 0.109 e. The molecule has 0 fully saturated rings. The van der Waals surface area contributed by atoms with Gasteiger partial charge in [0.15, 0.2) is 0 Å². The highest BCUT2D eigenvalue weighted by Crippen LogP contribution is 1.99. The van der Waals surface area contributed by atoms with Crippen molar-refractivity contribution in [2.24, 2.45) is 0 Å². The Bertz CT molecular complexity index is 126. The Hall–Kier alpha value is -0.160. The number of ether oxygens (including phenoxy) is 4. The monoisotopic (exact) mass is 261 g/mol. The van der Waals surface area contributed by atoms with Crippen LogP contribution in [0, 0.1) is 6.61 Å². The van der Waals surface area contributed by atoms with Crippen molar-refractivity contribution in [2.75, 3.05) is 46.2 Å². The Labute approximate surface area is 112 Å². The third-order valence-electron chi connectivity index (χ3n) is 2.37. The minimum Gasteiger partial charge on any atom is -0.379 e. The largest absolute Gasteiger partial charge is 0.379 e. The van der Waals surface area contributed by atoms with E-state index in [0.29, 0.717) is 33.0 Å². The molecule has 0 aliphatic heterocycles. The first kappa shape index (κ1) is 17.8. The van der Waals surface area contributed by atoms with Crippen LogP contribution >= 0.6 is 0 Å². The summed E-state index contributed by atoms with van der Waals surface area (Å²) in [5.74, 6) is 0. The molecule has 1 radical (unpaired) electrons. The molecule has 0 spiro atoms. The molecular weight excluding hydrogens is 232 g/mol. The van der Waals surface area contributed by atoms with E-state index in [2.05, 4.69) is 6.92 Å². The highest BCUT2D eigenvalue weighted by atomic mass is 16.6. The minimum atomic E-state index is 0.530. The maximum atomic E-state index is 5.33. The molecule has 0 amide bonds.